The Morgan fingerprint density at radius 3 is 2.12 bits per heavy atom. The van der Waals surface area contributed by atoms with Crippen molar-refractivity contribution in [1.82, 2.24) is 0 Å². The van der Waals surface area contributed by atoms with Gasteiger partial charge in [0.1, 0.15) is 0 Å². The SMILES string of the molecule is COC(=O)/C=C/c1ccc(C=C(CS)B2OC(C)(C)C(C)(C)O2)cc1. The van der Waals surface area contributed by atoms with Gasteiger partial charge in [0.15, 0.2) is 0 Å². The number of rotatable bonds is 5. The standard InChI is InChI=1S/C19H25BO4S/c1-18(2)19(3,4)24-20(23-18)16(13-25)12-15-8-6-14(7-9-15)10-11-17(21)22-5/h6-12,25H,13H2,1-5H3/b11-10+,16-12?. The fourth-order valence-corrected chi connectivity index (χ4v) is 2.57. The molecule has 1 aromatic rings. The van der Waals surface area contributed by atoms with Gasteiger partial charge in [0.05, 0.1) is 18.3 Å². The quantitative estimate of drug-likeness (QED) is 0.375. The lowest BCUT2D eigenvalue weighted by molar-refractivity contribution is -0.134. The lowest BCUT2D eigenvalue weighted by Crippen LogP contribution is -2.41. The summed E-state index contributed by atoms with van der Waals surface area (Å²) in [5, 5.41) is 0. The predicted octanol–water partition coefficient (Wildman–Crippen LogP) is 3.82. The van der Waals surface area contributed by atoms with E-state index in [2.05, 4.69) is 17.4 Å². The summed E-state index contributed by atoms with van der Waals surface area (Å²) in [6, 6.07) is 7.83. The molecule has 6 heteroatoms. The van der Waals surface area contributed by atoms with E-state index in [1.54, 1.807) is 6.08 Å². The van der Waals surface area contributed by atoms with E-state index in [0.717, 1.165) is 16.6 Å². The van der Waals surface area contributed by atoms with Crippen molar-refractivity contribution < 1.29 is 18.8 Å². The number of benzene rings is 1. The number of thiol groups is 1. The molecule has 1 fully saturated rings. The average molecular weight is 360 g/mol. The number of esters is 1. The minimum Gasteiger partial charge on any atom is -0.466 e. The van der Waals surface area contributed by atoms with Crippen molar-refractivity contribution in [2.24, 2.45) is 0 Å². The molecule has 1 aromatic carbocycles. The van der Waals surface area contributed by atoms with E-state index < -0.39 is 7.12 Å². The summed E-state index contributed by atoms with van der Waals surface area (Å²) in [7, 11) is 0.955. The van der Waals surface area contributed by atoms with Crippen molar-refractivity contribution in [3.8, 4) is 0 Å². The van der Waals surface area contributed by atoms with Crippen LogP contribution in [0.3, 0.4) is 0 Å². The fraction of sp³-hybridized carbons (Fsp3) is 0.421. The molecular formula is C19H25BO4S. The van der Waals surface area contributed by atoms with Crippen LogP contribution >= 0.6 is 12.6 Å². The van der Waals surface area contributed by atoms with Crippen LogP contribution in [0, 0.1) is 0 Å². The molecule has 0 aliphatic carbocycles. The fourth-order valence-electron chi connectivity index (χ4n) is 2.33. The number of hydrogen-bond acceptors (Lipinski definition) is 5. The second kappa shape index (κ2) is 7.81. The van der Waals surface area contributed by atoms with Crippen molar-refractivity contribution in [3.63, 3.8) is 0 Å². The molecule has 0 aromatic heterocycles. The van der Waals surface area contributed by atoms with Crippen molar-refractivity contribution in [1.29, 1.82) is 0 Å². The lowest BCUT2D eigenvalue weighted by Gasteiger charge is -2.32. The van der Waals surface area contributed by atoms with Crippen LogP contribution in [0.5, 0.6) is 0 Å². The van der Waals surface area contributed by atoms with Gasteiger partial charge in [-0.25, -0.2) is 4.79 Å². The first-order chi connectivity index (χ1) is 11.7. The minimum absolute atomic E-state index is 0.373. The van der Waals surface area contributed by atoms with Gasteiger partial charge in [0, 0.05) is 11.8 Å². The molecule has 4 nitrogen and oxygen atoms in total. The first kappa shape index (κ1) is 19.8. The van der Waals surface area contributed by atoms with E-state index in [1.165, 1.54) is 13.2 Å². The molecule has 0 bridgehead atoms. The summed E-state index contributed by atoms with van der Waals surface area (Å²) in [5.41, 5.74) is 2.17. The van der Waals surface area contributed by atoms with Crippen molar-refractivity contribution in [2.75, 3.05) is 12.9 Å². The molecule has 1 heterocycles. The zero-order valence-corrected chi connectivity index (χ0v) is 16.3. The van der Waals surface area contributed by atoms with Gasteiger partial charge in [-0.05, 0) is 50.4 Å². The normalized spacial score (nSPS) is 19.4. The molecule has 0 spiro atoms. The van der Waals surface area contributed by atoms with Crippen LogP contribution in [0.2, 0.25) is 0 Å². The van der Waals surface area contributed by atoms with Crippen molar-refractivity contribution >= 4 is 37.9 Å². The van der Waals surface area contributed by atoms with Gasteiger partial charge in [-0.3, -0.25) is 0 Å². The zero-order valence-electron chi connectivity index (χ0n) is 15.4. The molecule has 25 heavy (non-hydrogen) atoms. The molecule has 0 saturated carbocycles. The highest BCUT2D eigenvalue weighted by Gasteiger charge is 2.52. The zero-order chi connectivity index (χ0) is 18.7. The Hall–Kier alpha value is -1.50. The molecule has 0 amide bonds. The van der Waals surface area contributed by atoms with Crippen LogP contribution in [0.1, 0.15) is 38.8 Å². The molecule has 1 saturated heterocycles. The maximum atomic E-state index is 11.1. The highest BCUT2D eigenvalue weighted by atomic mass is 32.1. The first-order valence-electron chi connectivity index (χ1n) is 8.21. The molecular weight excluding hydrogens is 335 g/mol. The number of methoxy groups -OCH3 is 1. The van der Waals surface area contributed by atoms with Gasteiger partial charge in [0.25, 0.3) is 0 Å². The Morgan fingerprint density at radius 2 is 1.64 bits per heavy atom. The second-order valence-electron chi connectivity index (χ2n) is 6.99. The number of carbonyl (C=O) groups excluding carboxylic acids is 1. The van der Waals surface area contributed by atoms with E-state index in [0.29, 0.717) is 5.75 Å². The Labute approximate surface area is 155 Å². The third kappa shape index (κ3) is 4.78. The molecule has 0 unspecified atom stereocenters. The van der Waals surface area contributed by atoms with Crippen LogP contribution in [0.25, 0.3) is 12.2 Å². The molecule has 0 atom stereocenters. The summed E-state index contributed by atoms with van der Waals surface area (Å²) in [6.45, 7) is 8.13. The average Bonchev–Trinajstić information content (AvgIpc) is 2.79. The van der Waals surface area contributed by atoms with Gasteiger partial charge in [-0.15, -0.1) is 0 Å². The smallest absolute Gasteiger partial charge is 0.466 e. The predicted molar refractivity (Wildman–Crippen MR) is 105 cm³/mol. The second-order valence-corrected chi connectivity index (χ2v) is 7.31. The highest BCUT2D eigenvalue weighted by molar-refractivity contribution is 7.80. The van der Waals surface area contributed by atoms with Crippen molar-refractivity contribution in [2.45, 2.75) is 38.9 Å². The van der Waals surface area contributed by atoms with E-state index >= 15 is 0 Å². The van der Waals surface area contributed by atoms with Crippen molar-refractivity contribution in [3.05, 3.63) is 46.9 Å². The van der Waals surface area contributed by atoms with E-state index in [-0.39, 0.29) is 17.2 Å². The molecule has 134 valence electrons. The summed E-state index contributed by atoms with van der Waals surface area (Å²) < 4.78 is 16.8. The molecule has 1 aliphatic rings. The summed E-state index contributed by atoms with van der Waals surface area (Å²) in [5.74, 6) is 0.169. The van der Waals surface area contributed by atoms with Gasteiger partial charge < -0.3 is 14.0 Å². The first-order valence-corrected chi connectivity index (χ1v) is 8.85. The Balaban J connectivity index is 2.15. The minimum atomic E-state index is -0.401. The lowest BCUT2D eigenvalue weighted by atomic mass is 9.78. The third-order valence-electron chi connectivity index (χ3n) is 4.64. The van der Waals surface area contributed by atoms with Gasteiger partial charge >= 0.3 is 13.1 Å². The third-order valence-corrected chi connectivity index (χ3v) is 5.01. The Morgan fingerprint density at radius 1 is 1.12 bits per heavy atom. The van der Waals surface area contributed by atoms with Gasteiger partial charge in [0.2, 0.25) is 0 Å². The largest absolute Gasteiger partial charge is 0.491 e. The van der Waals surface area contributed by atoms with Crippen LogP contribution in [-0.4, -0.2) is 37.2 Å². The van der Waals surface area contributed by atoms with Crippen LogP contribution in [0.4, 0.5) is 0 Å². The summed E-state index contributed by atoms with van der Waals surface area (Å²) >= 11 is 4.43. The summed E-state index contributed by atoms with van der Waals surface area (Å²) in [6.07, 6.45) is 5.14. The monoisotopic (exact) mass is 360 g/mol. The molecule has 0 radical (unpaired) electrons. The maximum Gasteiger partial charge on any atom is 0.491 e. The number of ether oxygens (including phenoxy) is 1. The topological polar surface area (TPSA) is 44.8 Å². The molecule has 0 N–H and O–H groups in total. The van der Waals surface area contributed by atoms with E-state index in [1.807, 2.05) is 58.0 Å². The maximum absolute atomic E-state index is 11.1. The molecule has 1 aliphatic heterocycles. The van der Waals surface area contributed by atoms with Crippen LogP contribution < -0.4 is 0 Å². The van der Waals surface area contributed by atoms with Gasteiger partial charge in [-0.1, -0.05) is 30.3 Å². The van der Waals surface area contributed by atoms with E-state index in [4.69, 9.17) is 9.31 Å². The van der Waals surface area contributed by atoms with E-state index in [9.17, 15) is 4.79 Å². The Bertz CT molecular complexity index is 661. The highest BCUT2D eigenvalue weighted by Crippen LogP contribution is 2.39. The van der Waals surface area contributed by atoms with Gasteiger partial charge in [-0.2, -0.15) is 12.6 Å². The number of carbonyl (C=O) groups is 1. The van der Waals surface area contributed by atoms with Crippen LogP contribution in [-0.2, 0) is 18.8 Å². The number of hydrogen-bond donors (Lipinski definition) is 1. The molecule has 2 rings (SSSR count). The summed E-state index contributed by atoms with van der Waals surface area (Å²) in [4.78, 5) is 11.1. The van der Waals surface area contributed by atoms with Crippen LogP contribution in [0.15, 0.2) is 35.8 Å². The Kier molecular flexibility index (Phi) is 6.19.